The highest BCUT2D eigenvalue weighted by molar-refractivity contribution is 5.97. The topological polar surface area (TPSA) is 43.4 Å². The molecule has 1 aromatic rings. The summed E-state index contributed by atoms with van der Waals surface area (Å²) in [5.41, 5.74) is 1.79. The Morgan fingerprint density at radius 3 is 2.41 bits per heavy atom. The van der Waals surface area contributed by atoms with Gasteiger partial charge in [0.15, 0.2) is 5.78 Å². The van der Waals surface area contributed by atoms with Crippen LogP contribution >= 0.6 is 0 Å². The molecule has 1 aromatic carbocycles. The fraction of sp³-hybridized carbons (Fsp3) is 0.429. The molecular formula is C14H18O3. The van der Waals surface area contributed by atoms with Crippen molar-refractivity contribution in [3.63, 3.8) is 0 Å². The van der Waals surface area contributed by atoms with E-state index in [0.717, 1.165) is 17.5 Å². The number of unbranched alkanes of at least 4 members (excludes halogenated alkanes) is 1. The van der Waals surface area contributed by atoms with Crippen LogP contribution < -0.4 is 0 Å². The van der Waals surface area contributed by atoms with E-state index in [1.165, 1.54) is 7.11 Å². The molecule has 0 amide bonds. The van der Waals surface area contributed by atoms with Gasteiger partial charge in [0.2, 0.25) is 0 Å². The third-order valence-corrected chi connectivity index (χ3v) is 2.71. The van der Waals surface area contributed by atoms with E-state index in [1.54, 1.807) is 0 Å². The largest absolute Gasteiger partial charge is 0.469 e. The van der Waals surface area contributed by atoms with Gasteiger partial charge in [0.05, 0.1) is 7.11 Å². The first-order valence-corrected chi connectivity index (χ1v) is 5.81. The summed E-state index contributed by atoms with van der Waals surface area (Å²) in [6, 6.07) is 7.57. The number of aryl methyl sites for hydroxylation is 1. The van der Waals surface area contributed by atoms with Crippen LogP contribution in [0, 0.1) is 6.92 Å². The Labute approximate surface area is 102 Å². The fourth-order valence-corrected chi connectivity index (χ4v) is 1.68. The number of carbonyl (C=O) groups excluding carboxylic acids is 2. The van der Waals surface area contributed by atoms with Crippen LogP contribution in [-0.4, -0.2) is 18.9 Å². The molecule has 0 fully saturated rings. The molecule has 3 heteroatoms. The van der Waals surface area contributed by atoms with E-state index in [0.29, 0.717) is 19.3 Å². The van der Waals surface area contributed by atoms with E-state index in [4.69, 9.17) is 0 Å². The molecule has 0 saturated heterocycles. The average molecular weight is 234 g/mol. The lowest BCUT2D eigenvalue weighted by Crippen LogP contribution is -2.03. The van der Waals surface area contributed by atoms with Gasteiger partial charge in [-0.3, -0.25) is 9.59 Å². The number of carbonyl (C=O) groups is 2. The maximum Gasteiger partial charge on any atom is 0.305 e. The highest BCUT2D eigenvalue weighted by Gasteiger charge is 2.08. The number of ketones is 1. The molecule has 0 aliphatic heterocycles. The first-order chi connectivity index (χ1) is 8.15. The second-order valence-electron chi connectivity index (χ2n) is 4.02. The summed E-state index contributed by atoms with van der Waals surface area (Å²) in [5, 5.41) is 0. The van der Waals surface area contributed by atoms with Crippen LogP contribution in [0.3, 0.4) is 0 Å². The van der Waals surface area contributed by atoms with Crippen molar-refractivity contribution < 1.29 is 14.3 Å². The third-order valence-electron chi connectivity index (χ3n) is 2.71. The van der Waals surface area contributed by atoms with Crippen molar-refractivity contribution in [2.24, 2.45) is 0 Å². The quantitative estimate of drug-likeness (QED) is 0.432. The predicted molar refractivity (Wildman–Crippen MR) is 66.0 cm³/mol. The Morgan fingerprint density at radius 1 is 1.12 bits per heavy atom. The van der Waals surface area contributed by atoms with Gasteiger partial charge in [0, 0.05) is 18.4 Å². The lowest BCUT2D eigenvalue weighted by Gasteiger charge is -2.04. The lowest BCUT2D eigenvalue weighted by atomic mass is 10.0. The number of Topliss-reactive ketones (excluding diaryl/α,β-unsaturated/α-hetero) is 1. The fourth-order valence-electron chi connectivity index (χ4n) is 1.68. The minimum Gasteiger partial charge on any atom is -0.469 e. The Balaban J connectivity index is 2.36. The van der Waals surface area contributed by atoms with Crippen molar-refractivity contribution in [2.45, 2.75) is 32.6 Å². The van der Waals surface area contributed by atoms with E-state index in [-0.39, 0.29) is 11.8 Å². The van der Waals surface area contributed by atoms with Gasteiger partial charge in [-0.1, -0.05) is 24.3 Å². The van der Waals surface area contributed by atoms with E-state index >= 15 is 0 Å². The number of methoxy groups -OCH3 is 1. The second kappa shape index (κ2) is 6.84. The van der Waals surface area contributed by atoms with Gasteiger partial charge in [-0.05, 0) is 25.3 Å². The summed E-state index contributed by atoms with van der Waals surface area (Å²) >= 11 is 0. The molecule has 0 aliphatic rings. The minimum absolute atomic E-state index is 0.146. The van der Waals surface area contributed by atoms with Crippen LogP contribution in [0.25, 0.3) is 0 Å². The predicted octanol–water partition coefficient (Wildman–Crippen LogP) is 2.91. The summed E-state index contributed by atoms with van der Waals surface area (Å²) in [4.78, 5) is 22.7. The van der Waals surface area contributed by atoms with Gasteiger partial charge in [0.1, 0.15) is 0 Å². The van der Waals surface area contributed by atoms with Crippen molar-refractivity contribution in [3.05, 3.63) is 35.4 Å². The van der Waals surface area contributed by atoms with Crippen molar-refractivity contribution in [1.82, 2.24) is 0 Å². The van der Waals surface area contributed by atoms with Gasteiger partial charge < -0.3 is 4.74 Å². The Morgan fingerprint density at radius 2 is 1.76 bits per heavy atom. The SMILES string of the molecule is COC(=O)CCCCC(=O)c1ccccc1C. The molecule has 0 radical (unpaired) electrons. The Bertz CT molecular complexity index is 396. The van der Waals surface area contributed by atoms with Crippen LogP contribution in [-0.2, 0) is 9.53 Å². The first-order valence-electron chi connectivity index (χ1n) is 5.81. The van der Waals surface area contributed by atoms with Gasteiger partial charge in [-0.25, -0.2) is 0 Å². The summed E-state index contributed by atoms with van der Waals surface area (Å²) < 4.78 is 4.54. The Hall–Kier alpha value is -1.64. The molecule has 92 valence electrons. The number of esters is 1. The summed E-state index contributed by atoms with van der Waals surface area (Å²) in [6.45, 7) is 1.93. The molecule has 0 heterocycles. The zero-order valence-electron chi connectivity index (χ0n) is 10.4. The number of ether oxygens (including phenoxy) is 1. The number of hydrogen-bond acceptors (Lipinski definition) is 3. The van der Waals surface area contributed by atoms with Crippen molar-refractivity contribution >= 4 is 11.8 Å². The molecule has 0 bridgehead atoms. The molecular weight excluding hydrogens is 216 g/mol. The van der Waals surface area contributed by atoms with Crippen LogP contribution in [0.15, 0.2) is 24.3 Å². The number of benzene rings is 1. The highest BCUT2D eigenvalue weighted by Crippen LogP contribution is 2.12. The second-order valence-corrected chi connectivity index (χ2v) is 4.02. The van der Waals surface area contributed by atoms with Gasteiger partial charge in [0.25, 0.3) is 0 Å². The van der Waals surface area contributed by atoms with Crippen molar-refractivity contribution in [2.75, 3.05) is 7.11 Å². The summed E-state index contributed by atoms with van der Waals surface area (Å²) in [7, 11) is 1.38. The molecule has 17 heavy (non-hydrogen) atoms. The molecule has 0 saturated carbocycles. The molecule has 0 spiro atoms. The maximum absolute atomic E-state index is 11.9. The molecule has 3 nitrogen and oxygen atoms in total. The lowest BCUT2D eigenvalue weighted by molar-refractivity contribution is -0.140. The third kappa shape index (κ3) is 4.39. The Kier molecular flexibility index (Phi) is 5.40. The molecule has 1 rings (SSSR count). The number of rotatable bonds is 6. The minimum atomic E-state index is -0.214. The zero-order chi connectivity index (χ0) is 12.7. The van der Waals surface area contributed by atoms with Crippen molar-refractivity contribution in [3.8, 4) is 0 Å². The monoisotopic (exact) mass is 234 g/mol. The zero-order valence-corrected chi connectivity index (χ0v) is 10.4. The molecule has 0 N–H and O–H groups in total. The standard InChI is InChI=1S/C14H18O3/c1-11-7-3-4-8-12(11)13(15)9-5-6-10-14(16)17-2/h3-4,7-8H,5-6,9-10H2,1-2H3. The van der Waals surface area contributed by atoms with E-state index in [9.17, 15) is 9.59 Å². The summed E-state index contributed by atoms with van der Waals surface area (Å²) in [6.07, 6.45) is 2.30. The molecule has 0 atom stereocenters. The van der Waals surface area contributed by atoms with Gasteiger partial charge >= 0.3 is 5.97 Å². The van der Waals surface area contributed by atoms with E-state index < -0.39 is 0 Å². The van der Waals surface area contributed by atoms with Crippen molar-refractivity contribution in [1.29, 1.82) is 0 Å². The highest BCUT2D eigenvalue weighted by atomic mass is 16.5. The van der Waals surface area contributed by atoms with Crippen LogP contribution in [0.2, 0.25) is 0 Å². The van der Waals surface area contributed by atoms with Gasteiger partial charge in [-0.15, -0.1) is 0 Å². The molecule has 0 aliphatic carbocycles. The first kappa shape index (κ1) is 13.4. The summed E-state index contributed by atoms with van der Waals surface area (Å²) in [5.74, 6) is -0.0682. The number of hydrogen-bond donors (Lipinski definition) is 0. The normalized spacial score (nSPS) is 10.0. The van der Waals surface area contributed by atoms with Crippen LogP contribution in [0.4, 0.5) is 0 Å². The maximum atomic E-state index is 11.9. The van der Waals surface area contributed by atoms with E-state index in [2.05, 4.69) is 4.74 Å². The molecule has 0 unspecified atom stereocenters. The smallest absolute Gasteiger partial charge is 0.305 e. The van der Waals surface area contributed by atoms with Crippen LogP contribution in [0.5, 0.6) is 0 Å². The van der Waals surface area contributed by atoms with Crippen LogP contribution in [0.1, 0.15) is 41.6 Å². The van der Waals surface area contributed by atoms with E-state index in [1.807, 2.05) is 31.2 Å². The molecule has 0 aromatic heterocycles. The average Bonchev–Trinajstić information content (AvgIpc) is 2.34. The van der Waals surface area contributed by atoms with Gasteiger partial charge in [-0.2, -0.15) is 0 Å².